The van der Waals surface area contributed by atoms with Crippen molar-refractivity contribution in [2.24, 2.45) is 5.73 Å². The molecule has 1 saturated heterocycles. The highest BCUT2D eigenvalue weighted by molar-refractivity contribution is 5.86. The number of piperidine rings is 1. The van der Waals surface area contributed by atoms with Crippen LogP contribution in [-0.4, -0.2) is 71.0 Å². The molecule has 0 bridgehead atoms. The molecule has 45 heavy (non-hydrogen) atoms. The number of fused-ring (bicyclic) bond motifs is 1. The second kappa shape index (κ2) is 15.0. The second-order valence-electron chi connectivity index (χ2n) is 12.4. The Balaban J connectivity index is 1.21. The molecule has 240 valence electrons. The number of likely N-dealkylation sites (tertiary alicyclic amines) is 1. The number of para-hydroxylation sites is 1. The van der Waals surface area contributed by atoms with Crippen LogP contribution in [-0.2, 0) is 22.5 Å². The number of carbonyl (C=O) groups is 1. The van der Waals surface area contributed by atoms with Crippen molar-refractivity contribution in [2.45, 2.75) is 70.6 Å². The number of anilines is 1. The average molecular weight is 616 g/mol. The summed E-state index contributed by atoms with van der Waals surface area (Å²) in [6, 6.07) is 17.1. The number of nitrogens with zero attached hydrogens (tertiary/aromatic N) is 3. The molecule has 3 atom stereocenters. The average Bonchev–Trinajstić information content (AvgIpc) is 3.33. The number of pyridine rings is 1. The molecule has 1 amide bonds. The summed E-state index contributed by atoms with van der Waals surface area (Å²) in [6.07, 6.45) is 4.91. The number of hydrogen-bond acceptors (Lipinski definition) is 6. The number of methoxy groups -OCH3 is 1. The number of hydrogen-bond donors (Lipinski definition) is 3. The van der Waals surface area contributed by atoms with Crippen molar-refractivity contribution >= 4 is 22.6 Å². The molecule has 1 aliphatic rings. The van der Waals surface area contributed by atoms with E-state index in [4.69, 9.17) is 10.5 Å². The van der Waals surface area contributed by atoms with E-state index in [2.05, 4.69) is 46.1 Å². The molecule has 4 N–H and O–H groups in total. The van der Waals surface area contributed by atoms with Gasteiger partial charge in [0.1, 0.15) is 11.6 Å². The fourth-order valence-electron chi connectivity index (χ4n) is 6.59. The number of ether oxygens (including phenoxy) is 1. The number of nitrogens with two attached hydrogens (primary N) is 1. The summed E-state index contributed by atoms with van der Waals surface area (Å²) in [5, 5.41) is 13.5. The maximum absolute atomic E-state index is 15.1. The number of benzene rings is 2. The van der Waals surface area contributed by atoms with Gasteiger partial charge in [0.25, 0.3) is 0 Å². The third-order valence-electron chi connectivity index (χ3n) is 8.79. The smallest absolute Gasteiger partial charge is 0.224 e. The van der Waals surface area contributed by atoms with Gasteiger partial charge in [-0.25, -0.2) is 9.37 Å². The Morgan fingerprint density at radius 2 is 1.96 bits per heavy atom. The van der Waals surface area contributed by atoms with E-state index in [-0.39, 0.29) is 30.1 Å². The minimum atomic E-state index is -0.441. The number of amides is 1. The van der Waals surface area contributed by atoms with Gasteiger partial charge in [-0.05, 0) is 74.4 Å². The Labute approximate surface area is 265 Å². The summed E-state index contributed by atoms with van der Waals surface area (Å²) in [4.78, 5) is 19.9. The van der Waals surface area contributed by atoms with Crippen LogP contribution in [0.4, 0.5) is 10.2 Å². The molecule has 0 saturated carbocycles. The van der Waals surface area contributed by atoms with Gasteiger partial charge in [0, 0.05) is 81.1 Å². The van der Waals surface area contributed by atoms with Gasteiger partial charge in [0.05, 0.1) is 11.6 Å². The summed E-state index contributed by atoms with van der Waals surface area (Å²) in [6.45, 7) is 6.87. The Hall–Kier alpha value is -3.79. The zero-order valence-corrected chi connectivity index (χ0v) is 26.6. The fourth-order valence-corrected chi connectivity index (χ4v) is 6.59. The van der Waals surface area contributed by atoms with Gasteiger partial charge in [-0.15, -0.1) is 0 Å². The van der Waals surface area contributed by atoms with E-state index in [1.807, 2.05) is 29.3 Å². The van der Waals surface area contributed by atoms with Crippen LogP contribution in [0, 0.1) is 12.7 Å². The van der Waals surface area contributed by atoms with Crippen LogP contribution in [0.2, 0.25) is 0 Å². The van der Waals surface area contributed by atoms with E-state index >= 15 is 4.39 Å². The Kier molecular flexibility index (Phi) is 10.9. The normalized spacial score (nSPS) is 16.6. The van der Waals surface area contributed by atoms with Crippen LogP contribution >= 0.6 is 0 Å². The molecule has 1 fully saturated rings. The maximum Gasteiger partial charge on any atom is 0.224 e. The fraction of sp³-hybridized carbons (Fsp3) is 0.444. The van der Waals surface area contributed by atoms with Crippen LogP contribution in [0.15, 0.2) is 60.8 Å². The van der Waals surface area contributed by atoms with E-state index in [0.717, 1.165) is 65.0 Å². The first kappa shape index (κ1) is 32.6. The van der Waals surface area contributed by atoms with Crippen molar-refractivity contribution in [1.29, 1.82) is 0 Å². The molecule has 4 aromatic rings. The number of nitrogens with one attached hydrogen (secondary N) is 1. The number of aliphatic hydroxyl groups is 1. The molecule has 2 unspecified atom stereocenters. The lowest BCUT2D eigenvalue weighted by atomic mass is 9.91. The van der Waals surface area contributed by atoms with Crippen LogP contribution in [0.5, 0.6) is 0 Å². The van der Waals surface area contributed by atoms with E-state index in [1.54, 1.807) is 20.1 Å². The van der Waals surface area contributed by atoms with Crippen molar-refractivity contribution in [3.8, 4) is 11.1 Å². The lowest BCUT2D eigenvalue weighted by Gasteiger charge is -2.34. The standard InChI is InChI=1S/C36H46FN5O3/c1-24(43)21-39-33-15-14-28(22-40-33)27-12-10-26(11-13-27)19-30(38)20-34(44)41-16-5-7-29(23-41)35-25(2)31-8-4-9-32(37)36(31)42(35)17-6-18-45-3/h4,8-15,22,24,29-30,43H,5-7,16-21,23,38H2,1-3H3,(H,39,40)/t24?,29?,30-/m1/s1. The first-order valence-corrected chi connectivity index (χ1v) is 16.0. The van der Waals surface area contributed by atoms with Crippen molar-refractivity contribution in [3.63, 3.8) is 0 Å². The zero-order valence-electron chi connectivity index (χ0n) is 26.6. The topological polar surface area (TPSA) is 106 Å². The molecule has 0 radical (unpaired) electrons. The molecule has 0 aliphatic carbocycles. The molecule has 5 rings (SSSR count). The van der Waals surface area contributed by atoms with E-state index in [0.29, 0.717) is 38.2 Å². The molecule has 2 aromatic carbocycles. The van der Waals surface area contributed by atoms with E-state index in [1.165, 1.54) is 6.07 Å². The van der Waals surface area contributed by atoms with Gasteiger partial charge in [-0.1, -0.05) is 36.4 Å². The van der Waals surface area contributed by atoms with Crippen LogP contribution in [0.25, 0.3) is 22.0 Å². The Morgan fingerprint density at radius 1 is 1.18 bits per heavy atom. The predicted molar refractivity (Wildman–Crippen MR) is 178 cm³/mol. The number of aromatic nitrogens is 2. The van der Waals surface area contributed by atoms with Crippen molar-refractivity contribution in [1.82, 2.24) is 14.5 Å². The van der Waals surface area contributed by atoms with Gasteiger partial charge >= 0.3 is 0 Å². The van der Waals surface area contributed by atoms with Gasteiger partial charge in [0.15, 0.2) is 0 Å². The van der Waals surface area contributed by atoms with E-state index < -0.39 is 6.10 Å². The summed E-state index contributed by atoms with van der Waals surface area (Å²) in [5.74, 6) is 0.724. The van der Waals surface area contributed by atoms with Crippen molar-refractivity contribution in [2.75, 3.05) is 38.7 Å². The predicted octanol–water partition coefficient (Wildman–Crippen LogP) is 5.65. The SMILES string of the molecule is COCCCn1c(C2CCCN(C(=O)C[C@H](N)Cc3ccc(-c4ccc(NCC(C)O)nc4)cc3)C2)c(C)c2cccc(F)c21. The molecule has 2 aromatic heterocycles. The number of halogens is 1. The highest BCUT2D eigenvalue weighted by atomic mass is 19.1. The minimum Gasteiger partial charge on any atom is -0.392 e. The number of carbonyl (C=O) groups excluding carboxylic acids is 1. The highest BCUT2D eigenvalue weighted by Crippen LogP contribution is 2.37. The van der Waals surface area contributed by atoms with Crippen molar-refractivity contribution < 1.29 is 19.0 Å². The summed E-state index contributed by atoms with van der Waals surface area (Å²) >= 11 is 0. The quantitative estimate of drug-likeness (QED) is 0.168. The third-order valence-corrected chi connectivity index (χ3v) is 8.79. The monoisotopic (exact) mass is 615 g/mol. The zero-order chi connectivity index (χ0) is 31.9. The lowest BCUT2D eigenvalue weighted by Crippen LogP contribution is -2.42. The Bertz CT molecular complexity index is 1570. The summed E-state index contributed by atoms with van der Waals surface area (Å²) in [7, 11) is 1.68. The molecular weight excluding hydrogens is 569 g/mol. The first-order chi connectivity index (χ1) is 21.7. The van der Waals surface area contributed by atoms with E-state index in [9.17, 15) is 9.90 Å². The van der Waals surface area contributed by atoms with Crippen LogP contribution < -0.4 is 11.1 Å². The third kappa shape index (κ3) is 7.90. The molecule has 0 spiro atoms. The van der Waals surface area contributed by atoms with Crippen LogP contribution in [0.1, 0.15) is 55.3 Å². The Morgan fingerprint density at radius 3 is 2.67 bits per heavy atom. The lowest BCUT2D eigenvalue weighted by molar-refractivity contribution is -0.132. The van der Waals surface area contributed by atoms with Gasteiger partial charge < -0.3 is 30.4 Å². The highest BCUT2D eigenvalue weighted by Gasteiger charge is 2.30. The summed E-state index contributed by atoms with van der Waals surface area (Å²) < 4.78 is 22.5. The molecule has 1 aliphatic heterocycles. The number of rotatable bonds is 13. The molecule has 3 heterocycles. The van der Waals surface area contributed by atoms with Gasteiger partial charge in [0.2, 0.25) is 5.91 Å². The van der Waals surface area contributed by atoms with Crippen molar-refractivity contribution in [3.05, 3.63) is 83.4 Å². The van der Waals surface area contributed by atoms with Crippen LogP contribution in [0.3, 0.4) is 0 Å². The van der Waals surface area contributed by atoms with Gasteiger partial charge in [-0.3, -0.25) is 4.79 Å². The molecule has 8 nitrogen and oxygen atoms in total. The number of aliphatic hydroxyl groups excluding tert-OH is 1. The molecular formula is C36H46FN5O3. The summed E-state index contributed by atoms with van der Waals surface area (Å²) in [5.41, 5.74) is 12.5. The first-order valence-electron chi connectivity index (χ1n) is 16.0. The number of aryl methyl sites for hydroxylation is 2. The largest absolute Gasteiger partial charge is 0.392 e. The minimum absolute atomic E-state index is 0.0741. The second-order valence-corrected chi connectivity index (χ2v) is 12.4. The molecule has 9 heteroatoms. The van der Waals surface area contributed by atoms with Gasteiger partial charge in [-0.2, -0.15) is 0 Å². The maximum atomic E-state index is 15.1.